The number of hydrogen-bond donors (Lipinski definition) is 2. The molecule has 1 aromatic heterocycles. The average molecular weight is 631 g/mol. The summed E-state index contributed by atoms with van der Waals surface area (Å²) in [5, 5.41) is 3.56. The first-order valence-corrected chi connectivity index (χ1v) is 16.5. The van der Waals surface area contributed by atoms with Crippen molar-refractivity contribution in [2.45, 2.75) is 62.2 Å². The highest BCUT2D eigenvalue weighted by atomic mass is 35.5. The van der Waals surface area contributed by atoms with Gasteiger partial charge in [-0.3, -0.25) is 14.6 Å². The fourth-order valence-electron chi connectivity index (χ4n) is 4.86. The number of amides is 2. The summed E-state index contributed by atoms with van der Waals surface area (Å²) in [7, 11) is -3.56. The van der Waals surface area contributed by atoms with Crippen molar-refractivity contribution in [1.82, 2.24) is 19.9 Å². The van der Waals surface area contributed by atoms with Crippen molar-refractivity contribution in [3.8, 4) is 0 Å². The molecule has 0 radical (unpaired) electrons. The van der Waals surface area contributed by atoms with Crippen molar-refractivity contribution in [3.63, 3.8) is 0 Å². The molecule has 1 heterocycles. The van der Waals surface area contributed by atoms with Crippen molar-refractivity contribution in [1.29, 1.82) is 0 Å². The van der Waals surface area contributed by atoms with Crippen LogP contribution in [0.1, 0.15) is 41.6 Å². The molecule has 10 heteroatoms. The second-order valence-corrected chi connectivity index (χ2v) is 13.1. The summed E-state index contributed by atoms with van der Waals surface area (Å²) in [6.45, 7) is 0.452. The van der Waals surface area contributed by atoms with E-state index in [2.05, 4.69) is 15.0 Å². The van der Waals surface area contributed by atoms with Gasteiger partial charge in [0.15, 0.2) is 0 Å². The quantitative estimate of drug-likeness (QED) is 0.202. The van der Waals surface area contributed by atoms with Gasteiger partial charge >= 0.3 is 0 Å². The smallest absolute Gasteiger partial charge is 0.243 e. The van der Waals surface area contributed by atoms with Gasteiger partial charge in [-0.2, -0.15) is 0 Å². The van der Waals surface area contributed by atoms with Crippen LogP contribution in [0.15, 0.2) is 108 Å². The van der Waals surface area contributed by atoms with Crippen LogP contribution in [0.4, 0.5) is 0 Å². The number of aryl methyl sites for hydroxylation is 1. The summed E-state index contributed by atoms with van der Waals surface area (Å²) in [4.78, 5) is 33.9. The fourth-order valence-corrected chi connectivity index (χ4v) is 6.29. The van der Waals surface area contributed by atoms with Gasteiger partial charge in [-0.25, -0.2) is 13.1 Å². The lowest BCUT2D eigenvalue weighted by Gasteiger charge is -2.31. The van der Waals surface area contributed by atoms with Crippen LogP contribution in [0.25, 0.3) is 0 Å². The monoisotopic (exact) mass is 630 g/mol. The van der Waals surface area contributed by atoms with E-state index in [1.807, 2.05) is 60.7 Å². The van der Waals surface area contributed by atoms with Crippen LogP contribution < -0.4 is 10.0 Å². The molecule has 0 unspecified atom stereocenters. The number of halogens is 1. The first-order chi connectivity index (χ1) is 21.3. The van der Waals surface area contributed by atoms with Gasteiger partial charge in [-0.05, 0) is 72.4 Å². The van der Waals surface area contributed by atoms with Crippen LogP contribution in [0.2, 0.25) is 5.02 Å². The molecule has 5 rings (SSSR count). The van der Waals surface area contributed by atoms with Gasteiger partial charge in [0.1, 0.15) is 6.04 Å². The Labute approximate surface area is 263 Å². The van der Waals surface area contributed by atoms with Gasteiger partial charge in [0, 0.05) is 36.6 Å². The molecule has 1 saturated carbocycles. The van der Waals surface area contributed by atoms with E-state index in [1.165, 1.54) is 0 Å². The minimum atomic E-state index is -3.56. The number of aromatic nitrogens is 1. The molecule has 8 nitrogen and oxygen atoms in total. The van der Waals surface area contributed by atoms with Gasteiger partial charge < -0.3 is 10.2 Å². The molecule has 0 aliphatic heterocycles. The molecule has 3 aromatic carbocycles. The molecule has 44 heavy (non-hydrogen) atoms. The number of rotatable bonds is 14. The van der Waals surface area contributed by atoms with E-state index >= 15 is 0 Å². The van der Waals surface area contributed by atoms with Crippen LogP contribution >= 0.6 is 11.6 Å². The SMILES string of the molecule is O=C(NCc1ccccn1)[C@@H](Cc1ccccc1)N(Cc1ccc(Cl)cc1)C(=O)CCc1ccc(S(=O)(=O)NC2CC2)cc1. The Morgan fingerprint density at radius 1 is 0.864 bits per heavy atom. The molecule has 1 fully saturated rings. The normalized spacial score (nSPS) is 13.7. The van der Waals surface area contributed by atoms with Gasteiger partial charge in [-0.15, -0.1) is 0 Å². The highest BCUT2D eigenvalue weighted by molar-refractivity contribution is 7.89. The first kappa shape index (κ1) is 31.4. The molecule has 228 valence electrons. The van der Waals surface area contributed by atoms with Gasteiger partial charge in [-0.1, -0.05) is 72.3 Å². The zero-order valence-corrected chi connectivity index (χ0v) is 25.8. The molecular weight excluding hydrogens is 596 g/mol. The van der Waals surface area contributed by atoms with Crippen LogP contribution in [-0.2, 0) is 45.5 Å². The van der Waals surface area contributed by atoms with E-state index in [0.717, 1.165) is 29.5 Å². The van der Waals surface area contributed by atoms with Crippen LogP contribution in [-0.4, -0.2) is 42.2 Å². The Morgan fingerprint density at radius 2 is 1.55 bits per heavy atom. The molecule has 2 amide bonds. The second kappa shape index (κ2) is 14.6. The highest BCUT2D eigenvalue weighted by Crippen LogP contribution is 2.23. The van der Waals surface area contributed by atoms with E-state index < -0.39 is 16.1 Å². The van der Waals surface area contributed by atoms with Crippen LogP contribution in [0.5, 0.6) is 0 Å². The second-order valence-electron chi connectivity index (χ2n) is 10.9. The number of carbonyl (C=O) groups is 2. The van der Waals surface area contributed by atoms with E-state index in [-0.39, 0.29) is 42.3 Å². The topological polar surface area (TPSA) is 108 Å². The Balaban J connectivity index is 1.36. The number of pyridine rings is 1. The Bertz CT molecular complexity index is 1650. The maximum atomic E-state index is 14.0. The van der Waals surface area contributed by atoms with Crippen molar-refractivity contribution in [2.24, 2.45) is 0 Å². The molecule has 1 aliphatic carbocycles. The lowest BCUT2D eigenvalue weighted by Crippen LogP contribution is -2.50. The zero-order chi connectivity index (χ0) is 30.9. The molecule has 0 saturated heterocycles. The van der Waals surface area contributed by atoms with Crippen molar-refractivity contribution in [3.05, 3.63) is 131 Å². The number of nitrogens with one attached hydrogen (secondary N) is 2. The molecular formula is C34H35ClN4O4S. The minimum Gasteiger partial charge on any atom is -0.349 e. The fraction of sp³-hybridized carbons (Fsp3) is 0.265. The lowest BCUT2D eigenvalue weighted by atomic mass is 10.0. The summed E-state index contributed by atoms with van der Waals surface area (Å²) < 4.78 is 27.8. The van der Waals surface area contributed by atoms with Crippen molar-refractivity contribution < 1.29 is 18.0 Å². The molecule has 0 spiro atoms. The minimum absolute atomic E-state index is 0.0221. The maximum Gasteiger partial charge on any atom is 0.243 e. The third kappa shape index (κ3) is 8.98. The van der Waals surface area contributed by atoms with E-state index in [1.54, 1.807) is 47.5 Å². The van der Waals surface area contributed by atoms with Crippen LogP contribution in [0, 0.1) is 0 Å². The van der Waals surface area contributed by atoms with Gasteiger partial charge in [0.25, 0.3) is 0 Å². The summed E-state index contributed by atoms with van der Waals surface area (Å²) in [5.41, 5.74) is 3.31. The number of benzene rings is 3. The summed E-state index contributed by atoms with van der Waals surface area (Å²) in [6.07, 6.45) is 4.25. The summed E-state index contributed by atoms with van der Waals surface area (Å²) in [5.74, 6) is -0.472. The van der Waals surface area contributed by atoms with Gasteiger partial charge in [0.05, 0.1) is 17.1 Å². The van der Waals surface area contributed by atoms with E-state index in [9.17, 15) is 18.0 Å². The average Bonchev–Trinajstić information content (AvgIpc) is 3.86. The summed E-state index contributed by atoms with van der Waals surface area (Å²) >= 11 is 6.12. The first-order valence-electron chi connectivity index (χ1n) is 14.6. The molecule has 1 aliphatic rings. The number of sulfonamides is 1. The standard InChI is InChI=1S/C34H35ClN4O4S/c35-28-14-9-27(10-15-28)24-39(33(40)20-13-25-11-18-31(19-12-25)44(42,43)38-29-16-17-29)32(22-26-6-2-1-3-7-26)34(41)37-23-30-8-4-5-21-36-30/h1-12,14-15,18-19,21,29,32,38H,13,16-17,20,22-24H2,(H,37,41)/t32-/m1/s1. The zero-order valence-electron chi connectivity index (χ0n) is 24.2. The maximum absolute atomic E-state index is 14.0. The third-order valence-corrected chi connectivity index (χ3v) is 9.26. The Morgan fingerprint density at radius 3 is 2.20 bits per heavy atom. The summed E-state index contributed by atoms with van der Waals surface area (Å²) in [6, 6.07) is 28.2. The van der Waals surface area contributed by atoms with Crippen molar-refractivity contribution in [2.75, 3.05) is 0 Å². The predicted octanol–water partition coefficient (Wildman–Crippen LogP) is 5.06. The molecule has 0 bridgehead atoms. The molecule has 4 aromatic rings. The number of hydrogen-bond acceptors (Lipinski definition) is 5. The van der Waals surface area contributed by atoms with Crippen molar-refractivity contribution >= 4 is 33.4 Å². The number of carbonyl (C=O) groups excluding carboxylic acids is 2. The lowest BCUT2D eigenvalue weighted by molar-refractivity contribution is -0.141. The van der Waals surface area contributed by atoms with Gasteiger partial charge in [0.2, 0.25) is 21.8 Å². The van der Waals surface area contributed by atoms with Crippen LogP contribution in [0.3, 0.4) is 0 Å². The number of nitrogens with zero attached hydrogens (tertiary/aromatic N) is 2. The van der Waals surface area contributed by atoms with E-state index in [4.69, 9.17) is 11.6 Å². The molecule has 2 N–H and O–H groups in total. The Hall–Kier alpha value is -4.05. The largest absolute Gasteiger partial charge is 0.349 e. The predicted molar refractivity (Wildman–Crippen MR) is 170 cm³/mol. The molecule has 1 atom stereocenters. The third-order valence-electron chi connectivity index (χ3n) is 7.47. The van der Waals surface area contributed by atoms with E-state index in [0.29, 0.717) is 23.6 Å². The Kier molecular flexibility index (Phi) is 10.4. The highest BCUT2D eigenvalue weighted by Gasteiger charge is 2.31.